The lowest BCUT2D eigenvalue weighted by Crippen LogP contribution is -2.58. The van der Waals surface area contributed by atoms with Gasteiger partial charge in [0.25, 0.3) is 5.79 Å². The number of amides is 1. The van der Waals surface area contributed by atoms with E-state index in [2.05, 4.69) is 0 Å². The summed E-state index contributed by atoms with van der Waals surface area (Å²) in [6.45, 7) is -0.697. The van der Waals surface area contributed by atoms with E-state index < -0.39 is 42.1 Å². The van der Waals surface area contributed by atoms with Gasteiger partial charge in [-0.2, -0.15) is 0 Å². The molecule has 1 spiro atoms. The molecule has 1 aromatic rings. The van der Waals surface area contributed by atoms with Crippen LogP contribution in [-0.2, 0) is 35.1 Å². The van der Waals surface area contributed by atoms with E-state index in [0.717, 1.165) is 24.8 Å². The minimum absolute atomic E-state index is 0.204. The van der Waals surface area contributed by atoms with E-state index in [1.165, 1.54) is 0 Å². The second-order valence-electron chi connectivity index (χ2n) is 6.83. The average molecular weight is 375 g/mol. The highest BCUT2D eigenvalue weighted by Crippen LogP contribution is 2.43. The number of hydrogen-bond acceptors (Lipinski definition) is 6. The highest BCUT2D eigenvalue weighted by atomic mass is 16.7. The zero-order valence-electron chi connectivity index (χ0n) is 14.7. The maximum absolute atomic E-state index is 12.4. The summed E-state index contributed by atoms with van der Waals surface area (Å²) in [6.07, 6.45) is 3.35. The first-order valence-electron chi connectivity index (χ1n) is 8.90. The second kappa shape index (κ2) is 7.77. The number of carboxylic acids is 1. The molecule has 1 atom stereocenters. The van der Waals surface area contributed by atoms with Crippen LogP contribution in [0.15, 0.2) is 30.3 Å². The third-order valence-electron chi connectivity index (χ3n) is 4.97. The van der Waals surface area contributed by atoms with Crippen molar-refractivity contribution in [2.24, 2.45) is 11.8 Å². The zero-order valence-corrected chi connectivity index (χ0v) is 14.7. The van der Waals surface area contributed by atoms with Crippen LogP contribution in [0.4, 0.5) is 0 Å². The lowest BCUT2D eigenvalue weighted by atomic mass is 9.78. The normalized spacial score (nSPS) is 27.6. The van der Waals surface area contributed by atoms with Gasteiger partial charge in [-0.1, -0.05) is 36.8 Å². The van der Waals surface area contributed by atoms with Crippen LogP contribution >= 0.6 is 0 Å². The molecular formula is C19H21NO7. The van der Waals surface area contributed by atoms with Gasteiger partial charge < -0.3 is 19.9 Å². The lowest BCUT2D eigenvalue weighted by Gasteiger charge is -2.45. The topological polar surface area (TPSA) is 119 Å². The van der Waals surface area contributed by atoms with Crippen molar-refractivity contribution in [3.05, 3.63) is 35.9 Å². The van der Waals surface area contributed by atoms with Crippen molar-refractivity contribution in [3.8, 4) is 0 Å². The Morgan fingerprint density at radius 2 is 1.78 bits per heavy atom. The number of carboxylic acid groups (broad SMARTS) is 1. The molecular weight excluding hydrogens is 354 g/mol. The van der Waals surface area contributed by atoms with Crippen molar-refractivity contribution in [2.75, 3.05) is 6.54 Å². The predicted octanol–water partition coefficient (Wildman–Crippen LogP) is 1.03. The molecule has 1 aliphatic heterocycles. The van der Waals surface area contributed by atoms with Gasteiger partial charge in [-0.15, -0.1) is 0 Å². The van der Waals surface area contributed by atoms with Crippen molar-refractivity contribution in [1.82, 2.24) is 5.32 Å². The minimum Gasteiger partial charge on any atom is -0.480 e. The Labute approximate surface area is 155 Å². The number of benzene rings is 1. The summed E-state index contributed by atoms with van der Waals surface area (Å²) in [5.41, 5.74) is 1.04. The van der Waals surface area contributed by atoms with Crippen LogP contribution in [0, 0.1) is 11.8 Å². The first-order valence-corrected chi connectivity index (χ1v) is 8.90. The van der Waals surface area contributed by atoms with Crippen LogP contribution < -0.4 is 5.32 Å². The summed E-state index contributed by atoms with van der Waals surface area (Å²) < 4.78 is 11.0. The van der Waals surface area contributed by atoms with Crippen molar-refractivity contribution >= 4 is 23.8 Å². The van der Waals surface area contributed by atoms with E-state index in [1.807, 2.05) is 35.6 Å². The molecule has 1 aromatic carbocycles. The summed E-state index contributed by atoms with van der Waals surface area (Å²) >= 11 is 0. The lowest BCUT2D eigenvalue weighted by molar-refractivity contribution is -0.276. The Bertz CT molecular complexity index is 728. The monoisotopic (exact) mass is 375 g/mol. The van der Waals surface area contributed by atoms with Gasteiger partial charge in [0, 0.05) is 12.3 Å². The molecule has 2 fully saturated rings. The first-order chi connectivity index (χ1) is 12.9. The Balaban J connectivity index is 1.75. The molecule has 1 saturated heterocycles. The average Bonchev–Trinajstić information content (AvgIpc) is 2.62. The maximum atomic E-state index is 12.4. The number of ether oxygens (including phenoxy) is 2. The van der Waals surface area contributed by atoms with Crippen molar-refractivity contribution < 1.29 is 33.8 Å². The summed E-state index contributed by atoms with van der Waals surface area (Å²) in [4.78, 5) is 47.4. The highest BCUT2D eigenvalue weighted by molar-refractivity contribution is 6.15. The van der Waals surface area contributed by atoms with Gasteiger partial charge in [0.2, 0.25) is 11.8 Å². The largest absolute Gasteiger partial charge is 0.480 e. The van der Waals surface area contributed by atoms with E-state index in [4.69, 9.17) is 14.6 Å². The number of rotatable bonds is 5. The van der Waals surface area contributed by atoms with Gasteiger partial charge in [0.1, 0.15) is 6.54 Å². The highest BCUT2D eigenvalue weighted by Gasteiger charge is 2.56. The Hall–Kier alpha value is -2.90. The van der Waals surface area contributed by atoms with E-state index in [9.17, 15) is 19.2 Å². The second-order valence-corrected chi connectivity index (χ2v) is 6.83. The molecule has 0 aromatic heterocycles. The Kier molecular flexibility index (Phi) is 5.43. The van der Waals surface area contributed by atoms with Crippen LogP contribution in [0.5, 0.6) is 0 Å². The Morgan fingerprint density at radius 1 is 1.11 bits per heavy atom. The molecule has 144 valence electrons. The molecule has 1 heterocycles. The Morgan fingerprint density at radius 3 is 2.41 bits per heavy atom. The maximum Gasteiger partial charge on any atom is 0.333 e. The SMILES string of the molecule is O=C(O)CNC(=O)C1C(=O)OC2(CCCCC2Cc2ccccc2)OC1=O. The predicted molar refractivity (Wildman–Crippen MR) is 91.2 cm³/mol. The molecule has 8 nitrogen and oxygen atoms in total. The minimum atomic E-state index is -1.80. The number of hydrogen-bond donors (Lipinski definition) is 2. The fourth-order valence-corrected chi connectivity index (χ4v) is 3.67. The van der Waals surface area contributed by atoms with Crippen LogP contribution in [0.25, 0.3) is 0 Å². The van der Waals surface area contributed by atoms with Gasteiger partial charge >= 0.3 is 17.9 Å². The quantitative estimate of drug-likeness (QED) is 0.583. The summed E-state index contributed by atoms with van der Waals surface area (Å²) in [6, 6.07) is 9.63. The number of aliphatic carboxylic acids is 1. The molecule has 2 aliphatic rings. The third-order valence-corrected chi connectivity index (χ3v) is 4.97. The van der Waals surface area contributed by atoms with Crippen molar-refractivity contribution in [2.45, 2.75) is 37.9 Å². The number of carbonyl (C=O) groups is 4. The van der Waals surface area contributed by atoms with Crippen LogP contribution in [-0.4, -0.2) is 41.3 Å². The molecule has 3 rings (SSSR count). The number of carbonyl (C=O) groups excluding carboxylic acids is 3. The van der Waals surface area contributed by atoms with E-state index in [1.54, 1.807) is 0 Å². The zero-order chi connectivity index (χ0) is 19.4. The first kappa shape index (κ1) is 18.9. The summed E-state index contributed by atoms with van der Waals surface area (Å²) in [5, 5.41) is 10.6. The van der Waals surface area contributed by atoms with Crippen molar-refractivity contribution in [3.63, 3.8) is 0 Å². The van der Waals surface area contributed by atoms with Gasteiger partial charge in [-0.05, 0) is 24.8 Å². The van der Waals surface area contributed by atoms with E-state index in [0.29, 0.717) is 12.8 Å². The molecule has 1 unspecified atom stereocenters. The molecule has 0 bridgehead atoms. The van der Waals surface area contributed by atoms with Gasteiger partial charge in [0.15, 0.2) is 0 Å². The molecule has 0 radical (unpaired) electrons. The summed E-state index contributed by atoms with van der Waals surface area (Å²) in [5.74, 6) is -7.67. The van der Waals surface area contributed by atoms with Gasteiger partial charge in [-0.25, -0.2) is 0 Å². The van der Waals surface area contributed by atoms with E-state index >= 15 is 0 Å². The molecule has 1 aliphatic carbocycles. The molecule has 1 amide bonds. The van der Waals surface area contributed by atoms with Crippen LogP contribution in [0.1, 0.15) is 31.2 Å². The summed E-state index contributed by atoms with van der Waals surface area (Å²) in [7, 11) is 0. The standard InChI is InChI=1S/C19H21NO7/c21-14(22)11-20-16(23)15-17(24)26-19(27-18(15)25)9-5-4-8-13(19)10-12-6-2-1-3-7-12/h1-3,6-7,13,15H,4-5,8-11H2,(H,20,23)(H,21,22). The molecule has 1 saturated carbocycles. The fraction of sp³-hybridized carbons (Fsp3) is 0.474. The fourth-order valence-electron chi connectivity index (χ4n) is 3.67. The van der Waals surface area contributed by atoms with Gasteiger partial charge in [-0.3, -0.25) is 19.2 Å². The van der Waals surface area contributed by atoms with Crippen LogP contribution in [0.3, 0.4) is 0 Å². The molecule has 8 heteroatoms. The molecule has 2 N–H and O–H groups in total. The third kappa shape index (κ3) is 4.10. The number of esters is 2. The smallest absolute Gasteiger partial charge is 0.333 e. The molecule has 27 heavy (non-hydrogen) atoms. The number of nitrogens with one attached hydrogen (secondary N) is 1. The van der Waals surface area contributed by atoms with Gasteiger partial charge in [0.05, 0.1) is 0 Å². The van der Waals surface area contributed by atoms with Crippen molar-refractivity contribution in [1.29, 1.82) is 0 Å². The van der Waals surface area contributed by atoms with E-state index in [-0.39, 0.29) is 5.92 Å². The van der Waals surface area contributed by atoms with Crippen LogP contribution in [0.2, 0.25) is 0 Å².